The molecule has 0 aliphatic rings. The molecule has 0 fully saturated rings. The molecule has 2 aromatic rings. The third kappa shape index (κ3) is 3.10. The van der Waals surface area contributed by atoms with Gasteiger partial charge in [-0.15, -0.1) is 0 Å². The summed E-state index contributed by atoms with van der Waals surface area (Å²) in [6.45, 7) is 1.91. The van der Waals surface area contributed by atoms with E-state index in [1.165, 1.54) is 6.07 Å². The minimum atomic E-state index is -0.295. The largest absolute Gasteiger partial charge is 0.452 e. The molecule has 0 radical (unpaired) electrons. The van der Waals surface area contributed by atoms with Crippen molar-refractivity contribution < 1.29 is 8.81 Å². The molecular weight excluding hydrogens is 353 g/mol. The molecule has 5 heteroatoms. The molecule has 0 saturated carbocycles. The first-order valence-electron chi connectivity index (χ1n) is 5.03. The highest BCUT2D eigenvalue weighted by Crippen LogP contribution is 2.26. The summed E-state index contributed by atoms with van der Waals surface area (Å²) in [5.74, 6) is 0.455. The lowest BCUT2D eigenvalue weighted by molar-refractivity contribution is 0.470. The van der Waals surface area contributed by atoms with Crippen LogP contribution < -0.4 is 5.32 Å². The van der Waals surface area contributed by atoms with Gasteiger partial charge in [0, 0.05) is 4.47 Å². The highest BCUT2D eigenvalue weighted by atomic mass is 79.9. The van der Waals surface area contributed by atoms with E-state index in [-0.39, 0.29) is 11.9 Å². The van der Waals surface area contributed by atoms with Crippen LogP contribution in [0.5, 0.6) is 0 Å². The number of rotatable bonds is 3. The molecular formula is C12H10Br2FNO. The van der Waals surface area contributed by atoms with E-state index in [0.29, 0.717) is 14.8 Å². The number of hydrogen-bond donors (Lipinski definition) is 1. The molecule has 1 aromatic heterocycles. The zero-order valence-electron chi connectivity index (χ0n) is 9.01. The van der Waals surface area contributed by atoms with Crippen molar-refractivity contribution in [1.29, 1.82) is 0 Å². The van der Waals surface area contributed by atoms with Gasteiger partial charge in [-0.25, -0.2) is 4.39 Å². The Morgan fingerprint density at radius 2 is 2.00 bits per heavy atom. The zero-order chi connectivity index (χ0) is 12.4. The molecule has 1 N–H and O–H groups in total. The van der Waals surface area contributed by atoms with Gasteiger partial charge in [0.25, 0.3) is 0 Å². The van der Waals surface area contributed by atoms with Gasteiger partial charge in [0.1, 0.15) is 11.6 Å². The molecule has 2 rings (SSSR count). The van der Waals surface area contributed by atoms with Crippen LogP contribution in [0.3, 0.4) is 0 Å². The number of benzene rings is 1. The predicted molar refractivity (Wildman–Crippen MR) is 72.5 cm³/mol. The Hall–Kier alpha value is -0.810. The molecule has 0 bridgehead atoms. The molecule has 1 unspecified atom stereocenters. The fourth-order valence-corrected chi connectivity index (χ4v) is 2.12. The lowest BCUT2D eigenvalue weighted by atomic mass is 10.2. The van der Waals surface area contributed by atoms with E-state index in [2.05, 4.69) is 37.2 Å². The van der Waals surface area contributed by atoms with Crippen LogP contribution >= 0.6 is 31.9 Å². The maximum atomic E-state index is 13.6. The first-order valence-corrected chi connectivity index (χ1v) is 6.61. The Labute approximate surface area is 115 Å². The number of hydrogen-bond acceptors (Lipinski definition) is 2. The number of halogens is 3. The summed E-state index contributed by atoms with van der Waals surface area (Å²) in [5.41, 5.74) is 0.452. The second-order valence-corrected chi connectivity index (χ2v) is 5.33. The van der Waals surface area contributed by atoms with Crippen molar-refractivity contribution in [3.8, 4) is 0 Å². The summed E-state index contributed by atoms with van der Waals surface area (Å²) >= 11 is 6.45. The van der Waals surface area contributed by atoms with Gasteiger partial charge in [-0.2, -0.15) is 0 Å². The molecule has 90 valence electrons. The van der Waals surface area contributed by atoms with Crippen LogP contribution in [0.2, 0.25) is 0 Å². The van der Waals surface area contributed by atoms with Crippen LogP contribution in [0.4, 0.5) is 10.1 Å². The molecule has 0 saturated heterocycles. The van der Waals surface area contributed by atoms with Crippen molar-refractivity contribution in [2.45, 2.75) is 13.0 Å². The van der Waals surface area contributed by atoms with Crippen LogP contribution in [0.1, 0.15) is 18.7 Å². The first kappa shape index (κ1) is 12.6. The Kier molecular flexibility index (Phi) is 3.89. The van der Waals surface area contributed by atoms with E-state index >= 15 is 0 Å². The van der Waals surface area contributed by atoms with E-state index in [9.17, 15) is 4.39 Å². The van der Waals surface area contributed by atoms with Gasteiger partial charge in [-0.3, -0.25) is 0 Å². The number of anilines is 1. The Morgan fingerprint density at radius 3 is 2.59 bits per heavy atom. The predicted octanol–water partition coefficient (Wildman–Crippen LogP) is 5.12. The van der Waals surface area contributed by atoms with Crippen molar-refractivity contribution in [2.75, 3.05) is 5.32 Å². The minimum Gasteiger partial charge on any atom is -0.452 e. The quantitative estimate of drug-likeness (QED) is 0.819. The van der Waals surface area contributed by atoms with E-state index in [1.54, 1.807) is 12.1 Å². The van der Waals surface area contributed by atoms with E-state index in [4.69, 9.17) is 4.42 Å². The Morgan fingerprint density at radius 1 is 1.24 bits per heavy atom. The molecule has 2 nitrogen and oxygen atoms in total. The van der Waals surface area contributed by atoms with Crippen molar-refractivity contribution in [1.82, 2.24) is 0 Å². The van der Waals surface area contributed by atoms with Gasteiger partial charge >= 0.3 is 0 Å². The monoisotopic (exact) mass is 361 g/mol. The van der Waals surface area contributed by atoms with Crippen LogP contribution in [0.15, 0.2) is 43.9 Å². The maximum absolute atomic E-state index is 13.6. The van der Waals surface area contributed by atoms with Crippen molar-refractivity contribution in [3.05, 3.63) is 51.1 Å². The Bertz CT molecular complexity index is 527. The summed E-state index contributed by atoms with van der Waals surface area (Å²) in [6.07, 6.45) is 0. The second-order valence-electron chi connectivity index (χ2n) is 3.63. The van der Waals surface area contributed by atoms with Gasteiger partial charge in [-0.05, 0) is 53.2 Å². The lowest BCUT2D eigenvalue weighted by Gasteiger charge is -2.13. The normalized spacial score (nSPS) is 12.5. The average molecular weight is 363 g/mol. The first-order chi connectivity index (χ1) is 8.06. The standard InChI is InChI=1S/C12H10Br2FNO/c1-7(11-4-5-12(14)17-11)16-10-3-2-8(13)6-9(10)15/h2-7,16H,1H3. The highest BCUT2D eigenvalue weighted by molar-refractivity contribution is 9.10. The third-order valence-electron chi connectivity index (χ3n) is 2.32. The summed E-state index contributed by atoms with van der Waals surface area (Å²) in [5, 5.41) is 3.06. The Balaban J connectivity index is 2.15. The molecule has 0 amide bonds. The number of nitrogens with one attached hydrogen (secondary N) is 1. The van der Waals surface area contributed by atoms with Gasteiger partial charge in [0.15, 0.2) is 4.67 Å². The molecule has 0 aliphatic carbocycles. The fraction of sp³-hybridized carbons (Fsp3) is 0.167. The van der Waals surface area contributed by atoms with E-state index in [0.717, 1.165) is 5.76 Å². The smallest absolute Gasteiger partial charge is 0.169 e. The molecule has 0 aliphatic heterocycles. The molecule has 1 heterocycles. The van der Waals surface area contributed by atoms with Crippen molar-refractivity contribution >= 4 is 37.5 Å². The minimum absolute atomic E-state index is 0.100. The lowest BCUT2D eigenvalue weighted by Crippen LogP contribution is -2.06. The van der Waals surface area contributed by atoms with Crippen molar-refractivity contribution in [2.24, 2.45) is 0 Å². The summed E-state index contributed by atoms with van der Waals surface area (Å²) in [4.78, 5) is 0. The topological polar surface area (TPSA) is 25.2 Å². The molecule has 0 spiro atoms. The average Bonchev–Trinajstić information content (AvgIpc) is 2.69. The second kappa shape index (κ2) is 5.23. The van der Waals surface area contributed by atoms with E-state index in [1.807, 2.05) is 19.1 Å². The SMILES string of the molecule is CC(Nc1ccc(Br)cc1F)c1ccc(Br)o1. The van der Waals surface area contributed by atoms with Crippen LogP contribution in [-0.2, 0) is 0 Å². The van der Waals surface area contributed by atoms with Crippen molar-refractivity contribution in [3.63, 3.8) is 0 Å². The van der Waals surface area contributed by atoms with Gasteiger partial charge in [-0.1, -0.05) is 15.9 Å². The van der Waals surface area contributed by atoms with E-state index < -0.39 is 0 Å². The summed E-state index contributed by atoms with van der Waals surface area (Å²) in [6, 6.07) is 8.46. The molecule has 17 heavy (non-hydrogen) atoms. The fourth-order valence-electron chi connectivity index (χ4n) is 1.47. The summed E-state index contributed by atoms with van der Waals surface area (Å²) in [7, 11) is 0. The summed E-state index contributed by atoms with van der Waals surface area (Å²) < 4.78 is 20.4. The zero-order valence-corrected chi connectivity index (χ0v) is 12.2. The van der Waals surface area contributed by atoms with Crippen LogP contribution in [-0.4, -0.2) is 0 Å². The molecule has 1 aromatic carbocycles. The number of furan rings is 1. The van der Waals surface area contributed by atoms with Gasteiger partial charge in [0.05, 0.1) is 11.7 Å². The maximum Gasteiger partial charge on any atom is 0.169 e. The van der Waals surface area contributed by atoms with Crippen LogP contribution in [0, 0.1) is 5.82 Å². The van der Waals surface area contributed by atoms with Gasteiger partial charge < -0.3 is 9.73 Å². The van der Waals surface area contributed by atoms with Crippen LogP contribution in [0.25, 0.3) is 0 Å². The highest BCUT2D eigenvalue weighted by Gasteiger charge is 2.12. The third-order valence-corrected chi connectivity index (χ3v) is 3.24. The van der Waals surface area contributed by atoms with Gasteiger partial charge in [0.2, 0.25) is 0 Å². The molecule has 1 atom stereocenters.